The van der Waals surface area contributed by atoms with Crippen molar-refractivity contribution in [2.45, 2.75) is 39.4 Å². The molecule has 21 heavy (non-hydrogen) atoms. The van der Waals surface area contributed by atoms with Crippen molar-refractivity contribution in [1.29, 1.82) is 0 Å². The topological polar surface area (TPSA) is 49.7 Å². The average Bonchev–Trinajstić information content (AvgIpc) is 2.44. The average molecular weight is 288 g/mol. The van der Waals surface area contributed by atoms with Crippen LogP contribution in [-0.4, -0.2) is 22.4 Å². The fourth-order valence-electron chi connectivity index (χ4n) is 2.13. The van der Waals surface area contributed by atoms with Gasteiger partial charge in [0.1, 0.15) is 12.4 Å². The Morgan fingerprint density at radius 3 is 2.38 bits per heavy atom. The molecule has 2 aromatic rings. The summed E-state index contributed by atoms with van der Waals surface area (Å²) in [7, 11) is 0. The molecular formula is C18H24O3. The van der Waals surface area contributed by atoms with Gasteiger partial charge in [-0.3, -0.25) is 0 Å². The van der Waals surface area contributed by atoms with E-state index in [1.807, 2.05) is 50.2 Å². The van der Waals surface area contributed by atoms with E-state index in [4.69, 9.17) is 4.74 Å². The number of hydrogen-bond donors (Lipinski definition) is 2. The van der Waals surface area contributed by atoms with Gasteiger partial charge in [0, 0.05) is 10.9 Å². The maximum absolute atomic E-state index is 10.4. The van der Waals surface area contributed by atoms with E-state index in [9.17, 15) is 10.2 Å². The number of aliphatic hydroxyl groups excluding tert-OH is 1. The van der Waals surface area contributed by atoms with Crippen molar-refractivity contribution in [3.63, 3.8) is 0 Å². The van der Waals surface area contributed by atoms with Crippen LogP contribution < -0.4 is 4.74 Å². The normalized spacial score (nSPS) is 16.0. The molecule has 0 saturated carbocycles. The number of ether oxygens (including phenoxy) is 1. The second kappa shape index (κ2) is 6.04. The van der Waals surface area contributed by atoms with Crippen LogP contribution in [-0.2, 0) is 0 Å². The molecule has 0 aliphatic heterocycles. The van der Waals surface area contributed by atoms with E-state index < -0.39 is 11.7 Å². The summed E-state index contributed by atoms with van der Waals surface area (Å²) in [5, 5.41) is 22.3. The van der Waals surface area contributed by atoms with Gasteiger partial charge in [-0.05, 0) is 25.2 Å². The van der Waals surface area contributed by atoms with Gasteiger partial charge in [0.2, 0.25) is 0 Å². The van der Waals surface area contributed by atoms with E-state index in [0.29, 0.717) is 5.75 Å². The summed E-state index contributed by atoms with van der Waals surface area (Å²) in [6.45, 7) is 7.60. The SMILES string of the molecule is CC(C)C(C)(O)COc1c([C@@H](C)O)ccc2ccccc12. The Balaban J connectivity index is 2.42. The Hall–Kier alpha value is -1.58. The number of hydrogen-bond acceptors (Lipinski definition) is 3. The zero-order valence-corrected chi connectivity index (χ0v) is 13.1. The molecule has 0 bridgehead atoms. The predicted octanol–water partition coefficient (Wildman–Crippen LogP) is 3.68. The number of rotatable bonds is 5. The lowest BCUT2D eigenvalue weighted by atomic mass is 9.93. The standard InChI is InChI=1S/C18H24O3/c1-12(2)18(4,20)11-21-17-15(13(3)19)10-9-14-7-5-6-8-16(14)17/h5-10,12-13,19-20H,11H2,1-4H3/t13-,18?/m1/s1. The molecule has 0 aromatic heterocycles. The largest absolute Gasteiger partial charge is 0.490 e. The van der Waals surface area contributed by atoms with Crippen LogP contribution in [0.5, 0.6) is 5.75 Å². The molecule has 0 amide bonds. The molecule has 2 rings (SSSR count). The minimum Gasteiger partial charge on any atom is -0.490 e. The van der Waals surface area contributed by atoms with Crippen molar-refractivity contribution in [2.24, 2.45) is 5.92 Å². The molecule has 2 N–H and O–H groups in total. The molecule has 2 atom stereocenters. The third-order valence-corrected chi connectivity index (χ3v) is 4.11. The molecule has 0 aliphatic carbocycles. The Bertz CT molecular complexity index is 615. The van der Waals surface area contributed by atoms with Crippen molar-refractivity contribution in [2.75, 3.05) is 6.61 Å². The molecule has 114 valence electrons. The predicted molar refractivity (Wildman–Crippen MR) is 85.5 cm³/mol. The summed E-state index contributed by atoms with van der Waals surface area (Å²) in [5.74, 6) is 0.742. The maximum Gasteiger partial charge on any atom is 0.133 e. The first-order chi connectivity index (χ1) is 9.83. The lowest BCUT2D eigenvalue weighted by Crippen LogP contribution is -2.38. The van der Waals surface area contributed by atoms with Crippen molar-refractivity contribution in [3.8, 4) is 5.75 Å². The van der Waals surface area contributed by atoms with E-state index >= 15 is 0 Å². The van der Waals surface area contributed by atoms with Crippen LogP contribution in [0.25, 0.3) is 10.8 Å². The minimum atomic E-state index is -0.910. The van der Waals surface area contributed by atoms with Crippen molar-refractivity contribution < 1.29 is 14.9 Å². The van der Waals surface area contributed by atoms with Crippen LogP contribution in [0.3, 0.4) is 0 Å². The van der Waals surface area contributed by atoms with Crippen LogP contribution in [0, 0.1) is 5.92 Å². The molecule has 0 spiro atoms. The number of benzene rings is 2. The summed E-state index contributed by atoms with van der Waals surface area (Å²) < 4.78 is 5.93. The minimum absolute atomic E-state index is 0.0856. The van der Waals surface area contributed by atoms with Crippen LogP contribution in [0.1, 0.15) is 39.4 Å². The first-order valence-corrected chi connectivity index (χ1v) is 7.38. The van der Waals surface area contributed by atoms with Gasteiger partial charge in [-0.2, -0.15) is 0 Å². The highest BCUT2D eigenvalue weighted by Crippen LogP contribution is 2.34. The Morgan fingerprint density at radius 2 is 1.76 bits per heavy atom. The molecule has 0 saturated heterocycles. The van der Waals surface area contributed by atoms with Gasteiger partial charge < -0.3 is 14.9 Å². The first-order valence-electron chi connectivity index (χ1n) is 7.38. The molecule has 0 heterocycles. The summed E-state index contributed by atoms with van der Waals surface area (Å²) in [6.07, 6.45) is -0.617. The Morgan fingerprint density at radius 1 is 1.10 bits per heavy atom. The van der Waals surface area contributed by atoms with Crippen molar-refractivity contribution in [1.82, 2.24) is 0 Å². The van der Waals surface area contributed by atoms with Gasteiger partial charge in [-0.1, -0.05) is 50.2 Å². The number of fused-ring (bicyclic) bond motifs is 1. The van der Waals surface area contributed by atoms with E-state index in [1.54, 1.807) is 13.8 Å². The van der Waals surface area contributed by atoms with E-state index in [0.717, 1.165) is 16.3 Å². The fourth-order valence-corrected chi connectivity index (χ4v) is 2.13. The lowest BCUT2D eigenvalue weighted by molar-refractivity contribution is -0.0269. The highest BCUT2D eigenvalue weighted by Gasteiger charge is 2.27. The molecule has 0 aliphatic rings. The summed E-state index contributed by atoms with van der Waals surface area (Å²) in [5.41, 5.74) is -0.166. The highest BCUT2D eigenvalue weighted by molar-refractivity contribution is 5.89. The van der Waals surface area contributed by atoms with Gasteiger partial charge in [-0.15, -0.1) is 0 Å². The Kier molecular flexibility index (Phi) is 4.55. The smallest absolute Gasteiger partial charge is 0.133 e. The van der Waals surface area contributed by atoms with Gasteiger partial charge >= 0.3 is 0 Å². The van der Waals surface area contributed by atoms with E-state index in [2.05, 4.69) is 0 Å². The zero-order chi connectivity index (χ0) is 15.6. The van der Waals surface area contributed by atoms with Gasteiger partial charge in [0.05, 0.1) is 11.7 Å². The molecule has 2 aromatic carbocycles. The van der Waals surface area contributed by atoms with Crippen molar-refractivity contribution >= 4 is 10.8 Å². The monoisotopic (exact) mass is 288 g/mol. The number of aliphatic hydroxyl groups is 2. The van der Waals surface area contributed by atoms with E-state index in [1.165, 1.54) is 0 Å². The van der Waals surface area contributed by atoms with E-state index in [-0.39, 0.29) is 12.5 Å². The quantitative estimate of drug-likeness (QED) is 0.882. The molecule has 0 radical (unpaired) electrons. The van der Waals surface area contributed by atoms with Crippen molar-refractivity contribution in [3.05, 3.63) is 42.0 Å². The second-order valence-corrected chi connectivity index (χ2v) is 6.18. The molecular weight excluding hydrogens is 264 g/mol. The third-order valence-electron chi connectivity index (χ3n) is 4.11. The third kappa shape index (κ3) is 3.36. The lowest BCUT2D eigenvalue weighted by Gasteiger charge is -2.28. The molecule has 3 nitrogen and oxygen atoms in total. The summed E-state index contributed by atoms with van der Waals surface area (Å²) >= 11 is 0. The van der Waals surface area contributed by atoms with Crippen LogP contribution in [0.15, 0.2) is 36.4 Å². The van der Waals surface area contributed by atoms with Crippen LogP contribution >= 0.6 is 0 Å². The molecule has 0 fully saturated rings. The maximum atomic E-state index is 10.4. The zero-order valence-electron chi connectivity index (χ0n) is 13.1. The van der Waals surface area contributed by atoms with Gasteiger partial charge in [0.15, 0.2) is 0 Å². The molecule has 3 heteroatoms. The fraction of sp³-hybridized carbons (Fsp3) is 0.444. The second-order valence-electron chi connectivity index (χ2n) is 6.18. The van der Waals surface area contributed by atoms with Crippen LogP contribution in [0.2, 0.25) is 0 Å². The van der Waals surface area contributed by atoms with Gasteiger partial charge in [-0.25, -0.2) is 0 Å². The van der Waals surface area contributed by atoms with Crippen LogP contribution in [0.4, 0.5) is 0 Å². The first kappa shape index (κ1) is 15.8. The summed E-state index contributed by atoms with van der Waals surface area (Å²) in [6, 6.07) is 11.8. The highest BCUT2D eigenvalue weighted by atomic mass is 16.5. The molecule has 1 unspecified atom stereocenters. The Labute approximate surface area is 126 Å². The van der Waals surface area contributed by atoms with Gasteiger partial charge in [0.25, 0.3) is 0 Å². The summed E-state index contributed by atoms with van der Waals surface area (Å²) in [4.78, 5) is 0.